The molecule has 0 bridgehead atoms. The first-order valence-electron chi connectivity index (χ1n) is 28.0. The average Bonchev–Trinajstić information content (AvgIpc) is 3.71. The van der Waals surface area contributed by atoms with E-state index in [0.29, 0.717) is 29.6 Å². The highest BCUT2D eigenvalue weighted by Gasteiger charge is 2.61. The number of ether oxygens (including phenoxy) is 2. The lowest BCUT2D eigenvalue weighted by Crippen LogP contribution is -2.55. The summed E-state index contributed by atoms with van der Waals surface area (Å²) < 4.78 is 14.2. The van der Waals surface area contributed by atoms with Crippen molar-refractivity contribution in [3.63, 3.8) is 0 Å². The minimum Gasteiger partial charge on any atom is -0.378 e. The van der Waals surface area contributed by atoms with Crippen LogP contribution in [0, 0.1) is 23.7 Å². The molecule has 4 atom stereocenters. The van der Waals surface area contributed by atoms with Gasteiger partial charge in [-0.05, 0) is 183 Å². The van der Waals surface area contributed by atoms with Crippen LogP contribution in [0.15, 0.2) is 97.1 Å². The summed E-state index contributed by atoms with van der Waals surface area (Å²) in [7, 11) is 0. The molecular formula is C64H90O4. The van der Waals surface area contributed by atoms with E-state index in [4.69, 9.17) is 9.47 Å². The van der Waals surface area contributed by atoms with Gasteiger partial charge in [-0.1, -0.05) is 184 Å². The quantitative estimate of drug-likeness (QED) is 0.104. The van der Waals surface area contributed by atoms with Gasteiger partial charge in [0.15, 0.2) is 5.79 Å². The molecule has 4 aromatic carbocycles. The van der Waals surface area contributed by atoms with Gasteiger partial charge in [0.1, 0.15) is 23.4 Å². The van der Waals surface area contributed by atoms with E-state index in [0.717, 1.165) is 52.8 Å². The smallest absolute Gasteiger partial charge is 0.164 e. The van der Waals surface area contributed by atoms with Gasteiger partial charge in [-0.15, -0.1) is 0 Å². The Morgan fingerprint density at radius 3 is 1.16 bits per heavy atom. The van der Waals surface area contributed by atoms with Crippen LogP contribution in [0.3, 0.4) is 0 Å². The van der Waals surface area contributed by atoms with Crippen molar-refractivity contribution in [3.05, 3.63) is 142 Å². The zero-order chi connectivity index (χ0) is 48.1. The second-order valence-corrected chi connectivity index (χ2v) is 23.5. The van der Waals surface area contributed by atoms with Crippen molar-refractivity contribution in [2.24, 2.45) is 23.7 Å². The molecule has 0 spiro atoms. The molecule has 0 radical (unpaired) electrons. The summed E-state index contributed by atoms with van der Waals surface area (Å²) in [5.74, 6) is 4.04. The summed E-state index contributed by atoms with van der Waals surface area (Å²) >= 11 is 0. The summed E-state index contributed by atoms with van der Waals surface area (Å²) in [5, 5.41) is 28.1. The normalized spacial score (nSPS) is 28.8. The van der Waals surface area contributed by atoms with Crippen LogP contribution >= 0.6 is 0 Å². The second-order valence-electron chi connectivity index (χ2n) is 23.5. The molecule has 1 heterocycles. The van der Waals surface area contributed by atoms with Crippen molar-refractivity contribution >= 4 is 0 Å². The van der Waals surface area contributed by atoms with Crippen molar-refractivity contribution in [2.45, 2.75) is 230 Å². The third-order valence-corrected chi connectivity index (χ3v) is 17.9. The number of aliphatic hydroxyl groups is 2. The number of benzene rings is 4. The maximum atomic E-state index is 14.1. The van der Waals surface area contributed by atoms with Crippen molar-refractivity contribution in [3.8, 4) is 0 Å². The lowest BCUT2D eigenvalue weighted by atomic mass is 9.70. The molecule has 2 N–H and O–H groups in total. The Bertz CT molecular complexity index is 2060. The molecule has 0 amide bonds. The predicted molar refractivity (Wildman–Crippen MR) is 282 cm³/mol. The van der Waals surface area contributed by atoms with Gasteiger partial charge in [-0.2, -0.15) is 0 Å². The highest BCUT2D eigenvalue weighted by molar-refractivity contribution is 5.46. The summed E-state index contributed by atoms with van der Waals surface area (Å²) in [4.78, 5) is 0. The summed E-state index contributed by atoms with van der Waals surface area (Å²) in [5.41, 5.74) is 5.04. The van der Waals surface area contributed by atoms with Crippen molar-refractivity contribution in [2.75, 3.05) is 0 Å². The predicted octanol–water partition coefficient (Wildman–Crippen LogP) is 16.7. The highest BCUT2D eigenvalue weighted by Crippen LogP contribution is 2.52. The minimum atomic E-state index is -1.67. The van der Waals surface area contributed by atoms with E-state index in [1.165, 1.54) is 131 Å². The Balaban J connectivity index is 1.21. The SMILES string of the molecule is CCCC1CCC(c2ccc(C(O)(c3ccc(C4CCC(CCC)CC4)cc3)[C@@H]3OC(C)(C)O[C@H]3C(O)(c3ccc(C(CC)CCC(C)C)cc3)c3ccc(C4CCC(C)CC4)cc3)cc2)CC1. The molecule has 2 unspecified atom stereocenters. The Kier molecular flexibility index (Phi) is 16.8. The second kappa shape index (κ2) is 22.4. The van der Waals surface area contributed by atoms with E-state index >= 15 is 0 Å². The molecule has 4 aliphatic rings. The van der Waals surface area contributed by atoms with Gasteiger partial charge in [0.25, 0.3) is 0 Å². The molecule has 4 nitrogen and oxygen atoms in total. The van der Waals surface area contributed by atoms with E-state index in [-0.39, 0.29) is 0 Å². The van der Waals surface area contributed by atoms with E-state index in [1.54, 1.807) is 0 Å². The van der Waals surface area contributed by atoms with Crippen LogP contribution in [0.1, 0.15) is 246 Å². The van der Waals surface area contributed by atoms with Crippen molar-refractivity contribution < 1.29 is 19.7 Å². The largest absolute Gasteiger partial charge is 0.378 e. The first-order valence-corrected chi connectivity index (χ1v) is 28.0. The molecule has 4 fully saturated rings. The van der Waals surface area contributed by atoms with Gasteiger partial charge in [0, 0.05) is 0 Å². The van der Waals surface area contributed by atoms with Gasteiger partial charge in [0.05, 0.1) is 0 Å². The van der Waals surface area contributed by atoms with Crippen molar-refractivity contribution in [1.82, 2.24) is 0 Å². The topological polar surface area (TPSA) is 58.9 Å². The molecule has 370 valence electrons. The maximum absolute atomic E-state index is 14.1. The fraction of sp³-hybridized carbons (Fsp3) is 0.625. The fourth-order valence-electron chi connectivity index (χ4n) is 13.5. The third kappa shape index (κ3) is 11.3. The monoisotopic (exact) mass is 923 g/mol. The van der Waals surface area contributed by atoms with Crippen LogP contribution in [0.2, 0.25) is 0 Å². The Labute approximate surface area is 413 Å². The number of hydrogen-bond acceptors (Lipinski definition) is 4. The van der Waals surface area contributed by atoms with E-state index < -0.39 is 29.2 Å². The van der Waals surface area contributed by atoms with Crippen LogP contribution in [-0.2, 0) is 20.7 Å². The molecule has 4 aromatic rings. The van der Waals surface area contributed by atoms with Crippen LogP contribution in [-0.4, -0.2) is 28.2 Å². The van der Waals surface area contributed by atoms with Gasteiger partial charge in [-0.25, -0.2) is 0 Å². The average molecular weight is 923 g/mol. The fourth-order valence-corrected chi connectivity index (χ4v) is 13.5. The molecule has 8 rings (SSSR count). The first-order chi connectivity index (χ1) is 32.7. The highest BCUT2D eigenvalue weighted by atomic mass is 16.8. The Morgan fingerprint density at radius 1 is 0.500 bits per heavy atom. The zero-order valence-electron chi connectivity index (χ0n) is 43.7. The summed E-state index contributed by atoms with van der Waals surface area (Å²) in [6.45, 7) is 17.8. The van der Waals surface area contributed by atoms with Crippen LogP contribution in [0.4, 0.5) is 0 Å². The minimum absolute atomic E-state index is 0.448. The standard InChI is InChI=1S/C64H90O4/c1-9-12-46-17-24-51(25-18-46)54-32-40-58(41-33-54)64(66,59-42-34-55(35-43-59)52-26-19-47(13-10-2)20-27-52)61-60(67-62(7,8)68-61)63(65,56-36-28-49(29-37-56)48(11-3)21-14-44(4)5)57-38-30-53(31-39-57)50-22-15-45(6)16-23-50/h28-48,50-52,60-61,65-66H,9-27H2,1-8H3/t45?,46?,47?,48?,50?,51?,52?,60-,61-,63?,64?/m1/s1. The molecule has 4 heteroatoms. The lowest BCUT2D eigenvalue weighted by molar-refractivity contribution is -0.172. The molecular weight excluding hydrogens is 833 g/mol. The molecule has 3 aliphatic carbocycles. The lowest BCUT2D eigenvalue weighted by Gasteiger charge is -2.43. The van der Waals surface area contributed by atoms with E-state index in [1.807, 2.05) is 13.8 Å². The van der Waals surface area contributed by atoms with Crippen LogP contribution in [0.25, 0.3) is 0 Å². The molecule has 1 saturated heterocycles. The molecule has 0 aromatic heterocycles. The summed E-state index contributed by atoms with van der Waals surface area (Å²) in [6.07, 6.45) is 21.6. The van der Waals surface area contributed by atoms with E-state index in [2.05, 4.69) is 139 Å². The van der Waals surface area contributed by atoms with E-state index in [9.17, 15) is 10.2 Å². The van der Waals surface area contributed by atoms with Gasteiger partial charge in [-0.3, -0.25) is 0 Å². The maximum Gasteiger partial charge on any atom is 0.164 e. The number of hydrogen-bond donors (Lipinski definition) is 2. The molecule has 68 heavy (non-hydrogen) atoms. The molecule has 1 aliphatic heterocycles. The van der Waals surface area contributed by atoms with Crippen molar-refractivity contribution in [1.29, 1.82) is 0 Å². The molecule has 3 saturated carbocycles. The zero-order valence-corrected chi connectivity index (χ0v) is 43.7. The first kappa shape index (κ1) is 51.1. The van der Waals surface area contributed by atoms with Crippen LogP contribution in [0.5, 0.6) is 0 Å². The van der Waals surface area contributed by atoms with Crippen LogP contribution < -0.4 is 0 Å². The van der Waals surface area contributed by atoms with Gasteiger partial charge >= 0.3 is 0 Å². The number of rotatable bonds is 18. The Hall–Kier alpha value is -3.28. The van der Waals surface area contributed by atoms with Gasteiger partial charge < -0.3 is 19.7 Å². The van der Waals surface area contributed by atoms with Gasteiger partial charge in [0.2, 0.25) is 0 Å². The Morgan fingerprint density at radius 2 is 0.838 bits per heavy atom. The third-order valence-electron chi connectivity index (χ3n) is 17.9. The summed E-state index contributed by atoms with van der Waals surface area (Å²) in [6, 6.07) is 35.2.